The van der Waals surface area contributed by atoms with Gasteiger partial charge in [-0.25, -0.2) is 27.3 Å². The van der Waals surface area contributed by atoms with Crippen LogP contribution in [-0.4, -0.2) is 33.8 Å². The Hall–Kier alpha value is -3.20. The largest absolute Gasteiger partial charge is 0.431 e. The Morgan fingerprint density at radius 3 is 2.55 bits per heavy atom. The summed E-state index contributed by atoms with van der Waals surface area (Å²) in [4.78, 5) is 36.5. The summed E-state index contributed by atoms with van der Waals surface area (Å²) in [5.41, 5.74) is -3.96. The third kappa shape index (κ3) is 4.46. The fourth-order valence-corrected chi connectivity index (χ4v) is 3.69. The number of ether oxygens (including phenoxy) is 1. The summed E-state index contributed by atoms with van der Waals surface area (Å²) in [7, 11) is -3.02. The third-order valence-corrected chi connectivity index (χ3v) is 6.15. The number of nitrogens with zero attached hydrogens (tertiary/aromatic N) is 3. The first-order valence-electron chi connectivity index (χ1n) is 8.36. The van der Waals surface area contributed by atoms with Crippen molar-refractivity contribution in [1.29, 1.82) is 0 Å². The number of carbonyl (C=O) groups excluding carboxylic acids is 1. The molecule has 1 N–H and O–H groups in total. The molecule has 0 radical (unpaired) electrons. The topological polar surface area (TPSA) is 129 Å². The van der Waals surface area contributed by atoms with Crippen LogP contribution in [0.3, 0.4) is 0 Å². The standard InChI is InChI=1S/C16H13F3N4O6S2/c1-3-31(27,28)21-14(25)29-13-9-6-8(4-5-10(9)30-20-13)23-12(24)7-11(16(17,18)19)22(2)15(23)26/h4-7H,3H2,1-2H3,(H,21,25). The van der Waals surface area contributed by atoms with Crippen LogP contribution in [0.1, 0.15) is 12.6 Å². The molecule has 0 saturated carbocycles. The van der Waals surface area contributed by atoms with Crippen molar-refractivity contribution >= 4 is 37.7 Å². The highest BCUT2D eigenvalue weighted by Crippen LogP contribution is 2.31. The molecule has 0 atom stereocenters. The lowest BCUT2D eigenvalue weighted by molar-refractivity contribution is -0.144. The van der Waals surface area contributed by atoms with Gasteiger partial charge in [0.15, 0.2) is 0 Å². The number of halogens is 3. The molecule has 0 unspecified atom stereocenters. The summed E-state index contributed by atoms with van der Waals surface area (Å²) in [5, 5.41) is 0.139. The zero-order valence-corrected chi connectivity index (χ0v) is 17.4. The van der Waals surface area contributed by atoms with Crippen molar-refractivity contribution in [3.8, 4) is 11.6 Å². The molecule has 1 aromatic carbocycles. The van der Waals surface area contributed by atoms with E-state index in [1.807, 2.05) is 0 Å². The van der Waals surface area contributed by atoms with E-state index in [-0.39, 0.29) is 33.3 Å². The lowest BCUT2D eigenvalue weighted by Crippen LogP contribution is -2.40. The van der Waals surface area contributed by atoms with Crippen molar-refractivity contribution in [1.82, 2.24) is 18.2 Å². The molecule has 3 rings (SSSR count). The molecule has 1 amide bonds. The molecular weight excluding hydrogens is 465 g/mol. The molecule has 0 aliphatic carbocycles. The van der Waals surface area contributed by atoms with Crippen LogP contribution in [-0.2, 0) is 23.2 Å². The van der Waals surface area contributed by atoms with E-state index in [4.69, 9.17) is 4.74 Å². The second-order valence-electron chi connectivity index (χ2n) is 6.11. The molecule has 0 aliphatic heterocycles. The van der Waals surface area contributed by atoms with Crippen molar-refractivity contribution < 1.29 is 31.1 Å². The maximum atomic E-state index is 13.0. The minimum atomic E-state index is -4.90. The fraction of sp³-hybridized carbons (Fsp3) is 0.250. The Kier molecular flexibility index (Phi) is 5.66. The van der Waals surface area contributed by atoms with Crippen molar-refractivity contribution in [2.45, 2.75) is 13.1 Å². The van der Waals surface area contributed by atoms with Crippen LogP contribution in [0.15, 0.2) is 33.9 Å². The molecule has 0 aliphatic rings. The number of sulfonamides is 1. The van der Waals surface area contributed by atoms with Crippen molar-refractivity contribution in [3.63, 3.8) is 0 Å². The highest BCUT2D eigenvalue weighted by atomic mass is 32.2. The van der Waals surface area contributed by atoms with E-state index in [0.717, 1.165) is 18.6 Å². The Bertz CT molecular complexity index is 1410. The molecule has 31 heavy (non-hydrogen) atoms. The lowest BCUT2D eigenvalue weighted by Gasteiger charge is -2.14. The highest BCUT2D eigenvalue weighted by molar-refractivity contribution is 7.89. The summed E-state index contributed by atoms with van der Waals surface area (Å²) in [6.07, 6.45) is -6.22. The fourth-order valence-electron chi connectivity index (χ4n) is 2.56. The number of fused-ring (bicyclic) bond motifs is 1. The number of hydrogen-bond donors (Lipinski definition) is 1. The Morgan fingerprint density at radius 1 is 1.26 bits per heavy atom. The molecule has 0 bridgehead atoms. The van der Waals surface area contributed by atoms with Crippen LogP contribution in [0.5, 0.6) is 5.88 Å². The summed E-state index contributed by atoms with van der Waals surface area (Å²) in [5.74, 6) is -0.674. The van der Waals surface area contributed by atoms with Gasteiger partial charge in [-0.3, -0.25) is 9.36 Å². The van der Waals surface area contributed by atoms with E-state index in [2.05, 4.69) is 4.37 Å². The van der Waals surface area contributed by atoms with Gasteiger partial charge in [-0.05, 0) is 36.7 Å². The minimum absolute atomic E-state index is 0.0986. The molecule has 2 aromatic heterocycles. The van der Waals surface area contributed by atoms with Crippen LogP contribution in [0.4, 0.5) is 18.0 Å². The number of benzene rings is 1. The summed E-state index contributed by atoms with van der Waals surface area (Å²) < 4.78 is 73.6. The first-order valence-corrected chi connectivity index (χ1v) is 10.8. The van der Waals surface area contributed by atoms with Gasteiger partial charge < -0.3 is 4.74 Å². The van der Waals surface area contributed by atoms with E-state index < -0.39 is 39.2 Å². The van der Waals surface area contributed by atoms with Gasteiger partial charge in [0.1, 0.15) is 5.69 Å². The van der Waals surface area contributed by atoms with Gasteiger partial charge in [0.05, 0.1) is 21.5 Å². The summed E-state index contributed by atoms with van der Waals surface area (Å²) in [6, 6.07) is 4.23. The van der Waals surface area contributed by atoms with Crippen LogP contribution >= 0.6 is 11.5 Å². The number of alkyl halides is 3. The molecule has 166 valence electrons. The Balaban J connectivity index is 2.08. The number of rotatable bonds is 4. The van der Waals surface area contributed by atoms with E-state index in [9.17, 15) is 36.0 Å². The first-order chi connectivity index (χ1) is 14.3. The van der Waals surface area contributed by atoms with E-state index in [1.165, 1.54) is 25.1 Å². The average molecular weight is 478 g/mol. The zero-order valence-electron chi connectivity index (χ0n) is 15.8. The van der Waals surface area contributed by atoms with Gasteiger partial charge in [0.2, 0.25) is 15.9 Å². The van der Waals surface area contributed by atoms with Gasteiger partial charge >= 0.3 is 18.0 Å². The van der Waals surface area contributed by atoms with Gasteiger partial charge in [-0.1, -0.05) is 0 Å². The lowest BCUT2D eigenvalue weighted by atomic mass is 10.2. The maximum absolute atomic E-state index is 13.0. The first kappa shape index (κ1) is 22.5. The van der Waals surface area contributed by atoms with Gasteiger partial charge in [-0.2, -0.15) is 17.5 Å². The molecule has 2 heterocycles. The van der Waals surface area contributed by atoms with Crippen molar-refractivity contribution in [3.05, 3.63) is 50.8 Å². The predicted molar refractivity (Wildman–Crippen MR) is 104 cm³/mol. The number of amides is 1. The molecule has 0 saturated heterocycles. The molecule has 10 nitrogen and oxygen atoms in total. The zero-order chi connectivity index (χ0) is 23.1. The number of carbonyl (C=O) groups is 1. The number of aromatic nitrogens is 3. The molecule has 0 fully saturated rings. The second kappa shape index (κ2) is 7.81. The van der Waals surface area contributed by atoms with E-state index in [1.54, 1.807) is 4.72 Å². The predicted octanol–water partition coefficient (Wildman–Crippen LogP) is 1.60. The SMILES string of the molecule is CCS(=O)(=O)NC(=O)Oc1nsc2ccc(-n3c(=O)cc(C(F)(F)F)n(C)c3=O)cc12. The normalized spacial score (nSPS) is 12.2. The van der Waals surface area contributed by atoms with E-state index >= 15 is 0 Å². The molecular formula is C16H13F3N4O6S2. The molecule has 15 heteroatoms. The quantitative estimate of drug-likeness (QED) is 0.603. The van der Waals surface area contributed by atoms with Crippen molar-refractivity contribution in [2.75, 3.05) is 5.75 Å². The smallest absolute Gasteiger partial charge is 0.389 e. The minimum Gasteiger partial charge on any atom is -0.389 e. The van der Waals surface area contributed by atoms with Gasteiger partial charge in [0.25, 0.3) is 5.56 Å². The van der Waals surface area contributed by atoms with Crippen LogP contribution in [0, 0.1) is 0 Å². The van der Waals surface area contributed by atoms with Gasteiger partial charge in [-0.15, -0.1) is 0 Å². The maximum Gasteiger partial charge on any atom is 0.431 e. The average Bonchev–Trinajstić information content (AvgIpc) is 3.05. The second-order valence-corrected chi connectivity index (χ2v) is 8.92. The molecule has 3 aromatic rings. The summed E-state index contributed by atoms with van der Waals surface area (Å²) in [6.45, 7) is 1.31. The molecule has 0 spiro atoms. The number of hydrogen-bond acceptors (Lipinski definition) is 8. The van der Waals surface area contributed by atoms with Crippen LogP contribution in [0.25, 0.3) is 15.8 Å². The summed E-state index contributed by atoms with van der Waals surface area (Å²) >= 11 is 0.877. The number of nitrogens with one attached hydrogen (secondary N) is 1. The van der Waals surface area contributed by atoms with Crippen LogP contribution in [0.2, 0.25) is 0 Å². The Morgan fingerprint density at radius 2 is 1.94 bits per heavy atom. The van der Waals surface area contributed by atoms with Crippen LogP contribution < -0.4 is 20.7 Å². The van der Waals surface area contributed by atoms with E-state index in [0.29, 0.717) is 9.27 Å². The monoisotopic (exact) mass is 478 g/mol. The third-order valence-electron chi connectivity index (χ3n) is 4.10. The van der Waals surface area contributed by atoms with Gasteiger partial charge in [0, 0.05) is 13.1 Å². The van der Waals surface area contributed by atoms with Crippen molar-refractivity contribution in [2.24, 2.45) is 7.05 Å². The highest BCUT2D eigenvalue weighted by Gasteiger charge is 2.35. The Labute approximate surface area is 175 Å².